The van der Waals surface area contributed by atoms with Gasteiger partial charge in [-0.25, -0.2) is 8.78 Å². The zero-order chi connectivity index (χ0) is 27.1. The van der Waals surface area contributed by atoms with Crippen LogP contribution in [-0.2, 0) is 0 Å². The molecule has 0 saturated heterocycles. The van der Waals surface area contributed by atoms with Gasteiger partial charge in [0.2, 0.25) is 11.5 Å². The first-order valence-electron chi connectivity index (χ1n) is 10.7. The summed E-state index contributed by atoms with van der Waals surface area (Å²) in [6.45, 7) is 0. The lowest BCUT2D eigenvalue weighted by molar-refractivity contribution is 0.377. The molecule has 0 radical (unpaired) electrons. The van der Waals surface area contributed by atoms with Crippen molar-refractivity contribution in [2.75, 3.05) is 0 Å². The van der Waals surface area contributed by atoms with Gasteiger partial charge in [-0.1, -0.05) is 94.9 Å². The summed E-state index contributed by atoms with van der Waals surface area (Å²) in [5, 5.41) is 21.4. The molecule has 38 heavy (non-hydrogen) atoms. The number of nitriles is 2. The van der Waals surface area contributed by atoms with E-state index in [2.05, 4.69) is 0 Å². The number of nitrogens with zero attached hydrogens (tertiary/aromatic N) is 2. The smallest absolute Gasteiger partial charge is 0.210 e. The molecule has 0 N–H and O–H groups in total. The minimum absolute atomic E-state index is 0.0164. The molecule has 0 spiro atoms. The predicted molar refractivity (Wildman–Crippen MR) is 144 cm³/mol. The molecular formula is C28H10Cl4F2N2O2. The summed E-state index contributed by atoms with van der Waals surface area (Å²) in [7, 11) is 0. The zero-order valence-electron chi connectivity index (χ0n) is 18.8. The maximum atomic E-state index is 15.8. The Morgan fingerprint density at radius 1 is 0.526 bits per heavy atom. The Morgan fingerprint density at radius 2 is 0.868 bits per heavy atom. The van der Waals surface area contributed by atoms with Crippen LogP contribution in [0.1, 0.15) is 11.1 Å². The van der Waals surface area contributed by atoms with Crippen molar-refractivity contribution in [3.8, 4) is 35.1 Å². The van der Waals surface area contributed by atoms with E-state index in [9.17, 15) is 10.5 Å². The summed E-state index contributed by atoms with van der Waals surface area (Å²) < 4.78 is 43.2. The second kappa shape index (κ2) is 10.2. The minimum Gasteiger partial charge on any atom is -0.448 e. The predicted octanol–water partition coefficient (Wildman–Crippen LogP) is 10.2. The molecule has 0 fully saturated rings. The van der Waals surface area contributed by atoms with Crippen molar-refractivity contribution in [1.29, 1.82) is 10.5 Å². The molecule has 5 rings (SSSR count). The molecule has 0 aromatic heterocycles. The maximum absolute atomic E-state index is 15.8. The van der Waals surface area contributed by atoms with Gasteiger partial charge in [0, 0.05) is 21.5 Å². The van der Waals surface area contributed by atoms with Crippen LogP contribution in [0.4, 0.5) is 8.78 Å². The van der Waals surface area contributed by atoms with Crippen LogP contribution in [0.3, 0.4) is 0 Å². The molecule has 5 aromatic carbocycles. The molecule has 0 heterocycles. The SMILES string of the molecule is N#Cc1c(F)c(Oc2c(Cl)cc(Cl)c3ccccc23)c(Oc2c(Cl)cc(Cl)c3ccccc23)c(F)c1C#N. The number of rotatable bonds is 4. The Balaban J connectivity index is 1.81. The number of fused-ring (bicyclic) bond motifs is 2. The molecule has 4 nitrogen and oxygen atoms in total. The van der Waals surface area contributed by atoms with Crippen molar-refractivity contribution >= 4 is 67.9 Å². The average Bonchev–Trinajstić information content (AvgIpc) is 2.91. The summed E-state index contributed by atoms with van der Waals surface area (Å²) in [4.78, 5) is 0. The highest BCUT2D eigenvalue weighted by atomic mass is 35.5. The van der Waals surface area contributed by atoms with E-state index >= 15 is 8.78 Å². The number of hydrogen-bond donors (Lipinski definition) is 0. The molecule has 0 aliphatic heterocycles. The lowest BCUT2D eigenvalue weighted by atomic mass is 10.1. The molecular weight excluding hydrogens is 576 g/mol. The Hall–Kier alpha value is -3.78. The Morgan fingerprint density at radius 3 is 1.21 bits per heavy atom. The summed E-state index contributed by atoms with van der Waals surface area (Å²) in [5.41, 5.74) is -1.73. The van der Waals surface area contributed by atoms with Crippen LogP contribution in [-0.4, -0.2) is 0 Å². The van der Waals surface area contributed by atoms with Crippen LogP contribution in [0, 0.1) is 34.3 Å². The van der Waals surface area contributed by atoms with Crippen molar-refractivity contribution in [3.05, 3.63) is 104 Å². The lowest BCUT2D eigenvalue weighted by Crippen LogP contribution is -2.04. The largest absolute Gasteiger partial charge is 0.448 e. The summed E-state index contributed by atoms with van der Waals surface area (Å²) >= 11 is 25.4. The molecule has 10 heteroatoms. The van der Waals surface area contributed by atoms with Crippen LogP contribution < -0.4 is 9.47 Å². The average molecular weight is 586 g/mol. The zero-order valence-corrected chi connectivity index (χ0v) is 21.8. The highest BCUT2D eigenvalue weighted by molar-refractivity contribution is 6.40. The van der Waals surface area contributed by atoms with Gasteiger partial charge < -0.3 is 9.47 Å². The normalized spacial score (nSPS) is 10.8. The van der Waals surface area contributed by atoms with Gasteiger partial charge in [0.15, 0.2) is 23.1 Å². The van der Waals surface area contributed by atoms with E-state index in [0.717, 1.165) is 0 Å². The van der Waals surface area contributed by atoms with Gasteiger partial charge in [0.25, 0.3) is 0 Å². The third-order valence-electron chi connectivity index (χ3n) is 5.72. The Labute approximate surface area is 234 Å². The first-order valence-corrected chi connectivity index (χ1v) is 12.2. The monoisotopic (exact) mass is 584 g/mol. The molecule has 0 aliphatic rings. The standard InChI is InChI=1S/C28H10Cl4F2N2O2/c29-19-9-21(31)25(15-7-3-1-5-13(15)19)37-27-23(33)17(11-35)18(12-36)24(34)28(27)38-26-16-8-4-2-6-14(16)20(30)10-22(26)32/h1-10H. The third kappa shape index (κ3) is 4.22. The molecule has 0 aliphatic carbocycles. The molecule has 186 valence electrons. The van der Waals surface area contributed by atoms with Crippen molar-refractivity contribution < 1.29 is 18.3 Å². The molecule has 0 amide bonds. The highest BCUT2D eigenvalue weighted by Crippen LogP contribution is 2.49. The van der Waals surface area contributed by atoms with Gasteiger partial charge in [-0.05, 0) is 12.1 Å². The second-order valence-electron chi connectivity index (χ2n) is 7.89. The van der Waals surface area contributed by atoms with Gasteiger partial charge in [0.05, 0.1) is 20.1 Å². The van der Waals surface area contributed by atoms with Gasteiger partial charge >= 0.3 is 0 Å². The summed E-state index contributed by atoms with van der Waals surface area (Å²) in [6.07, 6.45) is 0. The molecule has 0 atom stereocenters. The minimum atomic E-state index is -1.33. The number of ether oxygens (including phenoxy) is 2. The van der Waals surface area contributed by atoms with Crippen LogP contribution in [0.15, 0.2) is 60.7 Å². The molecule has 0 unspecified atom stereocenters. The lowest BCUT2D eigenvalue weighted by Gasteiger charge is -2.19. The van der Waals surface area contributed by atoms with E-state index in [1.165, 1.54) is 24.3 Å². The van der Waals surface area contributed by atoms with Gasteiger partial charge in [-0.2, -0.15) is 10.5 Å². The second-order valence-corrected chi connectivity index (χ2v) is 9.52. The molecule has 0 saturated carbocycles. The van der Waals surface area contributed by atoms with Crippen LogP contribution in [0.2, 0.25) is 20.1 Å². The number of benzene rings is 5. The third-order valence-corrected chi connectivity index (χ3v) is 6.91. The van der Waals surface area contributed by atoms with E-state index < -0.39 is 34.3 Å². The maximum Gasteiger partial charge on any atom is 0.210 e. The fourth-order valence-corrected chi connectivity index (χ4v) is 5.15. The quantitative estimate of drug-likeness (QED) is 0.210. The number of hydrogen-bond acceptors (Lipinski definition) is 4. The van der Waals surface area contributed by atoms with Crippen LogP contribution in [0.25, 0.3) is 21.5 Å². The molecule has 0 bridgehead atoms. The van der Waals surface area contributed by atoms with E-state index in [4.69, 9.17) is 55.9 Å². The van der Waals surface area contributed by atoms with Crippen molar-refractivity contribution in [1.82, 2.24) is 0 Å². The number of halogens is 6. The van der Waals surface area contributed by atoms with Crippen molar-refractivity contribution in [2.45, 2.75) is 0 Å². The molecule has 5 aromatic rings. The van der Waals surface area contributed by atoms with Gasteiger partial charge in [-0.3, -0.25) is 0 Å². The topological polar surface area (TPSA) is 66.0 Å². The van der Waals surface area contributed by atoms with Crippen molar-refractivity contribution in [2.24, 2.45) is 0 Å². The summed E-state index contributed by atoms with van der Waals surface area (Å²) in [6, 6.07) is 19.2. The summed E-state index contributed by atoms with van der Waals surface area (Å²) in [5.74, 6) is -4.44. The van der Waals surface area contributed by atoms with E-state index in [1.54, 1.807) is 48.5 Å². The van der Waals surface area contributed by atoms with E-state index in [-0.39, 0.29) is 21.5 Å². The first kappa shape index (κ1) is 25.9. The Bertz CT molecular complexity index is 1740. The Kier molecular flexibility index (Phi) is 6.92. The van der Waals surface area contributed by atoms with E-state index in [1.807, 2.05) is 0 Å². The van der Waals surface area contributed by atoms with E-state index in [0.29, 0.717) is 31.6 Å². The fourth-order valence-electron chi connectivity index (χ4n) is 3.99. The fraction of sp³-hybridized carbons (Fsp3) is 0. The van der Waals surface area contributed by atoms with Crippen LogP contribution in [0.5, 0.6) is 23.0 Å². The highest BCUT2D eigenvalue weighted by Gasteiger charge is 2.30. The van der Waals surface area contributed by atoms with Crippen molar-refractivity contribution in [3.63, 3.8) is 0 Å². The van der Waals surface area contributed by atoms with Crippen LogP contribution >= 0.6 is 46.4 Å². The van der Waals surface area contributed by atoms with Gasteiger partial charge in [-0.15, -0.1) is 0 Å². The van der Waals surface area contributed by atoms with Gasteiger partial charge in [0.1, 0.15) is 23.3 Å². The first-order chi connectivity index (χ1) is 18.3.